The molecule has 3 heteroatoms. The molecule has 0 unspecified atom stereocenters. The Bertz CT molecular complexity index is 320. The van der Waals surface area contributed by atoms with Crippen LogP contribution < -0.4 is 0 Å². The molecular weight excluding hydrogens is 351 g/mol. The van der Waals surface area contributed by atoms with E-state index in [1.807, 2.05) is 0 Å². The molecule has 0 spiro atoms. The zero-order valence-corrected chi connectivity index (χ0v) is 16.4. The van der Waals surface area contributed by atoms with Crippen LogP contribution in [-0.4, -0.2) is 14.4 Å². The van der Waals surface area contributed by atoms with Gasteiger partial charge in [0.1, 0.15) is 0 Å². The summed E-state index contributed by atoms with van der Waals surface area (Å²) < 4.78 is 8.67. The molecule has 0 bridgehead atoms. The van der Waals surface area contributed by atoms with E-state index in [-0.39, 0.29) is 11.1 Å². The molecule has 0 amide bonds. The monoisotopic (exact) mass is 380 g/mol. The Hall–Kier alpha value is 0.387. The second-order valence-electron chi connectivity index (χ2n) is 6.74. The lowest BCUT2D eigenvalue weighted by Gasteiger charge is -2.39. The van der Waals surface area contributed by atoms with Crippen molar-refractivity contribution in [3.8, 4) is 0 Å². The highest BCUT2D eigenvalue weighted by atomic mass is 127. The van der Waals surface area contributed by atoms with Gasteiger partial charge in [-0.05, 0) is 55.0 Å². The lowest BCUT2D eigenvalue weighted by Crippen LogP contribution is -2.44. The highest BCUT2D eigenvalue weighted by Crippen LogP contribution is 2.38. The summed E-state index contributed by atoms with van der Waals surface area (Å²) in [6, 6.07) is 0. The van der Waals surface area contributed by atoms with Gasteiger partial charge in [-0.3, -0.25) is 0 Å². The molecule has 0 rings (SSSR count). The van der Waals surface area contributed by atoms with E-state index >= 15 is 0 Å². The first-order valence-electron chi connectivity index (χ1n) is 6.59. The fraction of sp³-hybridized carbons (Fsp3) is 0.733. The first-order chi connectivity index (χ1) is 8.01. The van der Waals surface area contributed by atoms with Gasteiger partial charge in [0, 0.05) is 0 Å². The minimum absolute atomic E-state index is 0.234. The van der Waals surface area contributed by atoms with Gasteiger partial charge in [-0.15, -0.1) is 0 Å². The van der Waals surface area contributed by atoms with Crippen LogP contribution in [0.1, 0.15) is 48.0 Å². The molecule has 1 atom stereocenters. The van der Waals surface area contributed by atoms with Gasteiger partial charge in [-0.25, -0.2) is 0 Å². The van der Waals surface area contributed by atoms with Crippen molar-refractivity contribution >= 4 is 30.9 Å². The van der Waals surface area contributed by atoms with Crippen molar-refractivity contribution in [1.29, 1.82) is 0 Å². The summed E-state index contributed by atoms with van der Waals surface area (Å²) in [6.07, 6.45) is 3.50. The van der Waals surface area contributed by atoms with Gasteiger partial charge in [-0.2, -0.15) is 0 Å². The second-order valence-corrected chi connectivity index (χ2v) is 12.1. The largest absolute Gasteiger partial charge is 0.410 e. The summed E-state index contributed by atoms with van der Waals surface area (Å²) in [5.41, 5.74) is 2.69. The van der Waals surface area contributed by atoms with Gasteiger partial charge in [0.25, 0.3) is 0 Å². The van der Waals surface area contributed by atoms with E-state index in [1.165, 1.54) is 11.1 Å². The van der Waals surface area contributed by atoms with Gasteiger partial charge < -0.3 is 4.43 Å². The summed E-state index contributed by atoms with van der Waals surface area (Å²) in [5, 5.41) is 0.266. The molecule has 106 valence electrons. The normalized spacial score (nSPS) is 15.5. The Labute approximate surface area is 128 Å². The zero-order chi connectivity index (χ0) is 14.6. The maximum absolute atomic E-state index is 6.53. The van der Waals surface area contributed by atoms with Crippen LogP contribution in [0.4, 0.5) is 0 Å². The van der Waals surface area contributed by atoms with E-state index in [4.69, 9.17) is 4.43 Å². The quantitative estimate of drug-likeness (QED) is 0.319. The molecule has 18 heavy (non-hydrogen) atoms. The van der Waals surface area contributed by atoms with E-state index in [1.54, 1.807) is 0 Å². The van der Waals surface area contributed by atoms with Crippen LogP contribution in [0.3, 0.4) is 0 Å². The highest BCUT2D eigenvalue weighted by molar-refractivity contribution is 14.1. The van der Waals surface area contributed by atoms with Crippen molar-refractivity contribution in [2.45, 2.75) is 72.2 Å². The zero-order valence-electron chi connectivity index (χ0n) is 13.2. The topological polar surface area (TPSA) is 9.23 Å². The summed E-state index contributed by atoms with van der Waals surface area (Å²) in [5.74, 6) is 0. The van der Waals surface area contributed by atoms with Crippen LogP contribution in [0.15, 0.2) is 21.3 Å². The fourth-order valence-corrected chi connectivity index (χ4v) is 3.02. The summed E-state index contributed by atoms with van der Waals surface area (Å²) >= 11 is 2.31. The van der Waals surface area contributed by atoms with Gasteiger partial charge in [-0.1, -0.05) is 55.0 Å². The smallest absolute Gasteiger partial charge is 0.192 e. The number of hydrogen-bond acceptors (Lipinski definition) is 1. The van der Waals surface area contributed by atoms with Crippen LogP contribution in [0.25, 0.3) is 0 Å². The Morgan fingerprint density at radius 3 is 2.06 bits per heavy atom. The fourth-order valence-electron chi connectivity index (χ4n) is 1.27. The molecule has 0 aromatic carbocycles. The van der Waals surface area contributed by atoms with Crippen LogP contribution in [-0.2, 0) is 4.43 Å². The third-order valence-electron chi connectivity index (χ3n) is 3.66. The summed E-state index contributed by atoms with van der Waals surface area (Å²) in [7, 11) is -1.69. The average Bonchev–Trinajstić information content (AvgIpc) is 2.21. The SMILES string of the molecule is CC(C)=CC[C@@H](O[Si](C)(C)C(C)(C)C)/C(C)=C/I. The number of allylic oxidation sites excluding steroid dienone is 1. The standard InChI is InChI=1S/C15H29IOSi/c1-12(2)9-10-14(13(3)11-16)17-18(7,8)15(4,5)6/h9,11,14H,10H2,1-8H3/b13-11+/t14-/m1/s1. The van der Waals surface area contributed by atoms with Crippen molar-refractivity contribution in [1.82, 2.24) is 0 Å². The number of halogens is 1. The average molecular weight is 380 g/mol. The van der Waals surface area contributed by atoms with Crippen molar-refractivity contribution in [2.24, 2.45) is 0 Å². The van der Waals surface area contributed by atoms with E-state index in [0.717, 1.165) is 6.42 Å². The third-order valence-corrected chi connectivity index (χ3v) is 9.13. The number of hydrogen-bond donors (Lipinski definition) is 0. The molecule has 0 saturated heterocycles. The Balaban J connectivity index is 4.97. The van der Waals surface area contributed by atoms with E-state index in [0.29, 0.717) is 0 Å². The third kappa shape index (κ3) is 6.02. The van der Waals surface area contributed by atoms with E-state index < -0.39 is 8.32 Å². The summed E-state index contributed by atoms with van der Waals surface area (Å²) in [6.45, 7) is 18.0. The Morgan fingerprint density at radius 2 is 1.72 bits per heavy atom. The predicted molar refractivity (Wildman–Crippen MR) is 93.9 cm³/mol. The Kier molecular flexibility index (Phi) is 7.40. The van der Waals surface area contributed by atoms with Gasteiger partial charge in [0.2, 0.25) is 0 Å². The van der Waals surface area contributed by atoms with Crippen LogP contribution in [0.5, 0.6) is 0 Å². The van der Waals surface area contributed by atoms with Crippen molar-refractivity contribution < 1.29 is 4.43 Å². The van der Waals surface area contributed by atoms with Gasteiger partial charge >= 0.3 is 0 Å². The van der Waals surface area contributed by atoms with E-state index in [9.17, 15) is 0 Å². The molecular formula is C15H29IOSi. The van der Waals surface area contributed by atoms with Crippen LogP contribution in [0, 0.1) is 0 Å². The van der Waals surface area contributed by atoms with Gasteiger partial charge in [0.05, 0.1) is 6.10 Å². The maximum atomic E-state index is 6.53. The molecule has 0 heterocycles. The highest BCUT2D eigenvalue weighted by Gasteiger charge is 2.39. The first-order valence-corrected chi connectivity index (χ1v) is 10.7. The van der Waals surface area contributed by atoms with Crippen molar-refractivity contribution in [3.63, 3.8) is 0 Å². The van der Waals surface area contributed by atoms with Gasteiger partial charge in [0.15, 0.2) is 8.32 Å². The minimum atomic E-state index is -1.69. The van der Waals surface area contributed by atoms with Crippen molar-refractivity contribution in [2.75, 3.05) is 0 Å². The van der Waals surface area contributed by atoms with E-state index in [2.05, 4.69) is 87.4 Å². The molecule has 0 N–H and O–H groups in total. The molecule has 0 fully saturated rings. The first kappa shape index (κ1) is 18.4. The molecule has 0 aliphatic rings. The second kappa shape index (κ2) is 7.24. The number of rotatable bonds is 5. The lowest BCUT2D eigenvalue weighted by molar-refractivity contribution is 0.217. The molecule has 0 aromatic heterocycles. The Morgan fingerprint density at radius 1 is 1.22 bits per heavy atom. The molecule has 0 saturated carbocycles. The maximum Gasteiger partial charge on any atom is 0.192 e. The van der Waals surface area contributed by atoms with Crippen LogP contribution in [0.2, 0.25) is 18.1 Å². The molecule has 0 aliphatic heterocycles. The molecule has 1 nitrogen and oxygen atoms in total. The van der Waals surface area contributed by atoms with Crippen LogP contribution >= 0.6 is 22.6 Å². The molecule has 0 aromatic rings. The molecule has 0 aliphatic carbocycles. The van der Waals surface area contributed by atoms with Crippen molar-refractivity contribution in [3.05, 3.63) is 21.3 Å². The predicted octanol–water partition coefficient (Wildman–Crippen LogP) is 6.07. The molecule has 0 radical (unpaired) electrons. The lowest BCUT2D eigenvalue weighted by atomic mass is 10.1. The minimum Gasteiger partial charge on any atom is -0.410 e. The summed E-state index contributed by atoms with van der Waals surface area (Å²) in [4.78, 5) is 0.